The Kier molecular flexibility index (Phi) is 4.19. The molecule has 0 aliphatic carbocycles. The van der Waals surface area contributed by atoms with Crippen LogP contribution in [0.25, 0.3) is 0 Å². The molecule has 0 atom stereocenters. The van der Waals surface area contributed by atoms with Gasteiger partial charge in [-0.1, -0.05) is 11.6 Å². The maximum absolute atomic E-state index is 12.7. The van der Waals surface area contributed by atoms with Gasteiger partial charge in [-0.05, 0) is 65.1 Å². The molecule has 2 nitrogen and oxygen atoms in total. The van der Waals surface area contributed by atoms with E-state index in [0.717, 1.165) is 3.57 Å². The van der Waals surface area contributed by atoms with Crippen molar-refractivity contribution in [3.05, 3.63) is 62.4 Å². The predicted octanol–water partition coefficient (Wildman–Crippen LogP) is 4.34. The topological polar surface area (TPSA) is 29.1 Å². The molecule has 1 N–H and O–H groups in total. The van der Waals surface area contributed by atoms with Crippen LogP contribution in [-0.4, -0.2) is 5.91 Å². The normalized spacial score (nSPS) is 10.2. The molecule has 0 spiro atoms. The number of benzene rings is 2. The van der Waals surface area contributed by atoms with Crippen molar-refractivity contribution in [3.8, 4) is 0 Å². The number of carbonyl (C=O) groups is 1. The highest BCUT2D eigenvalue weighted by Gasteiger charge is 2.10. The summed E-state index contributed by atoms with van der Waals surface area (Å²) in [5, 5.41) is 3.18. The molecule has 0 aliphatic heterocycles. The van der Waals surface area contributed by atoms with E-state index in [4.69, 9.17) is 11.6 Å². The minimum absolute atomic E-state index is 0.270. The van der Waals surface area contributed by atoms with Crippen LogP contribution in [0.1, 0.15) is 10.4 Å². The summed E-state index contributed by atoms with van der Waals surface area (Å²) in [6.45, 7) is 0. The number of amides is 1. The first kappa shape index (κ1) is 13.3. The summed E-state index contributed by atoms with van der Waals surface area (Å²) in [6, 6.07) is 10.7. The van der Waals surface area contributed by atoms with Crippen molar-refractivity contribution in [3.63, 3.8) is 0 Å². The first-order chi connectivity index (χ1) is 8.56. The maximum Gasteiger partial charge on any atom is 0.256 e. The number of halogens is 3. The first-order valence-electron chi connectivity index (χ1n) is 5.08. The van der Waals surface area contributed by atoms with Crippen LogP contribution in [-0.2, 0) is 0 Å². The van der Waals surface area contributed by atoms with E-state index in [1.165, 1.54) is 24.3 Å². The smallest absolute Gasteiger partial charge is 0.256 e. The van der Waals surface area contributed by atoms with Crippen LogP contribution in [0.3, 0.4) is 0 Å². The van der Waals surface area contributed by atoms with Gasteiger partial charge in [0, 0.05) is 14.3 Å². The molecule has 0 aromatic heterocycles. The lowest BCUT2D eigenvalue weighted by Crippen LogP contribution is -2.13. The average Bonchev–Trinajstić information content (AvgIpc) is 2.35. The maximum atomic E-state index is 12.7. The second kappa shape index (κ2) is 5.67. The summed E-state index contributed by atoms with van der Waals surface area (Å²) in [5.41, 5.74) is 1.03. The second-order valence-corrected chi connectivity index (χ2v) is 5.18. The van der Waals surface area contributed by atoms with Crippen molar-refractivity contribution in [1.29, 1.82) is 0 Å². The monoisotopic (exact) mass is 375 g/mol. The van der Waals surface area contributed by atoms with Gasteiger partial charge in [0.2, 0.25) is 0 Å². The van der Waals surface area contributed by atoms with Crippen molar-refractivity contribution in [2.75, 3.05) is 5.32 Å². The fraction of sp³-hybridized carbons (Fsp3) is 0. The molecule has 5 heteroatoms. The van der Waals surface area contributed by atoms with Gasteiger partial charge in [-0.3, -0.25) is 4.79 Å². The Labute approximate surface area is 122 Å². The largest absolute Gasteiger partial charge is 0.322 e. The first-order valence-corrected chi connectivity index (χ1v) is 6.54. The van der Waals surface area contributed by atoms with E-state index in [2.05, 4.69) is 27.9 Å². The Balaban J connectivity index is 2.21. The standard InChI is InChI=1S/C13H8ClFINO/c14-8-1-6-12(16)11(7-8)13(18)17-10-4-2-9(15)3-5-10/h1-7H,(H,17,18). The van der Waals surface area contributed by atoms with Gasteiger partial charge < -0.3 is 5.32 Å². The number of carbonyl (C=O) groups excluding carboxylic acids is 1. The lowest BCUT2D eigenvalue weighted by Gasteiger charge is -2.07. The van der Waals surface area contributed by atoms with Gasteiger partial charge in [-0.2, -0.15) is 0 Å². The molecule has 0 radical (unpaired) electrons. The highest BCUT2D eigenvalue weighted by molar-refractivity contribution is 14.1. The number of hydrogen-bond donors (Lipinski definition) is 1. The van der Waals surface area contributed by atoms with Crippen LogP contribution in [0.4, 0.5) is 10.1 Å². The minimum atomic E-state index is -0.342. The van der Waals surface area contributed by atoms with Crippen LogP contribution >= 0.6 is 34.2 Å². The van der Waals surface area contributed by atoms with Gasteiger partial charge in [-0.25, -0.2) is 4.39 Å². The van der Waals surface area contributed by atoms with Gasteiger partial charge in [0.15, 0.2) is 0 Å². The minimum Gasteiger partial charge on any atom is -0.322 e. The van der Waals surface area contributed by atoms with E-state index in [1.807, 2.05) is 0 Å². The molecule has 2 rings (SSSR count). The van der Waals surface area contributed by atoms with E-state index in [0.29, 0.717) is 16.3 Å². The molecular formula is C13H8ClFINO. The van der Waals surface area contributed by atoms with Crippen LogP contribution in [0, 0.1) is 9.39 Å². The van der Waals surface area contributed by atoms with Gasteiger partial charge in [0.25, 0.3) is 5.91 Å². The summed E-state index contributed by atoms with van der Waals surface area (Å²) in [6.07, 6.45) is 0. The third-order valence-electron chi connectivity index (χ3n) is 2.28. The fourth-order valence-electron chi connectivity index (χ4n) is 1.40. The zero-order chi connectivity index (χ0) is 13.1. The Morgan fingerprint density at radius 1 is 1.17 bits per heavy atom. The van der Waals surface area contributed by atoms with Crippen molar-refractivity contribution < 1.29 is 9.18 Å². The quantitative estimate of drug-likeness (QED) is 0.778. The summed E-state index contributed by atoms with van der Waals surface area (Å²) in [7, 11) is 0. The SMILES string of the molecule is O=C(Nc1ccc(F)cc1)c1cc(Cl)ccc1I. The van der Waals surface area contributed by atoms with E-state index >= 15 is 0 Å². The van der Waals surface area contributed by atoms with Crippen LogP contribution in [0.5, 0.6) is 0 Å². The second-order valence-electron chi connectivity index (χ2n) is 3.59. The van der Waals surface area contributed by atoms with Crippen molar-refractivity contribution in [2.24, 2.45) is 0 Å². The molecule has 2 aromatic rings. The highest BCUT2D eigenvalue weighted by atomic mass is 127. The van der Waals surface area contributed by atoms with Gasteiger partial charge in [0.05, 0.1) is 5.56 Å². The lowest BCUT2D eigenvalue weighted by atomic mass is 10.2. The molecule has 0 saturated heterocycles. The number of hydrogen-bond acceptors (Lipinski definition) is 1. The van der Waals surface area contributed by atoms with E-state index < -0.39 is 0 Å². The van der Waals surface area contributed by atoms with Crippen LogP contribution < -0.4 is 5.32 Å². The molecule has 0 bridgehead atoms. The highest BCUT2D eigenvalue weighted by Crippen LogP contribution is 2.19. The average molecular weight is 376 g/mol. The Morgan fingerprint density at radius 3 is 2.50 bits per heavy atom. The van der Waals surface area contributed by atoms with Crippen LogP contribution in [0.15, 0.2) is 42.5 Å². The lowest BCUT2D eigenvalue weighted by molar-refractivity contribution is 0.102. The molecule has 0 saturated carbocycles. The zero-order valence-electron chi connectivity index (χ0n) is 9.08. The Hall–Kier alpha value is -1.14. The number of anilines is 1. The predicted molar refractivity (Wildman–Crippen MR) is 78.5 cm³/mol. The van der Waals surface area contributed by atoms with Gasteiger partial charge >= 0.3 is 0 Å². The van der Waals surface area contributed by atoms with Crippen molar-refractivity contribution >= 4 is 45.8 Å². The van der Waals surface area contributed by atoms with E-state index in [-0.39, 0.29) is 11.7 Å². The van der Waals surface area contributed by atoms with Gasteiger partial charge in [-0.15, -0.1) is 0 Å². The van der Waals surface area contributed by atoms with Crippen molar-refractivity contribution in [2.45, 2.75) is 0 Å². The van der Waals surface area contributed by atoms with E-state index in [1.54, 1.807) is 18.2 Å². The Morgan fingerprint density at radius 2 is 1.83 bits per heavy atom. The molecular weight excluding hydrogens is 368 g/mol. The molecule has 18 heavy (non-hydrogen) atoms. The third kappa shape index (κ3) is 3.20. The molecule has 1 amide bonds. The summed E-state index contributed by atoms with van der Waals surface area (Å²) in [4.78, 5) is 12.0. The summed E-state index contributed by atoms with van der Waals surface area (Å²) >= 11 is 7.91. The molecule has 0 heterocycles. The summed E-state index contributed by atoms with van der Waals surface area (Å²) in [5.74, 6) is -0.612. The third-order valence-corrected chi connectivity index (χ3v) is 3.45. The molecule has 0 unspecified atom stereocenters. The molecule has 0 fully saturated rings. The molecule has 92 valence electrons. The molecule has 0 aliphatic rings. The number of rotatable bonds is 2. The fourth-order valence-corrected chi connectivity index (χ4v) is 2.16. The summed E-state index contributed by atoms with van der Waals surface area (Å²) < 4.78 is 13.5. The van der Waals surface area contributed by atoms with Gasteiger partial charge in [0.1, 0.15) is 5.82 Å². The van der Waals surface area contributed by atoms with Crippen LogP contribution in [0.2, 0.25) is 5.02 Å². The Bertz CT molecular complexity index is 586. The number of nitrogens with one attached hydrogen (secondary N) is 1. The van der Waals surface area contributed by atoms with E-state index in [9.17, 15) is 9.18 Å². The molecule has 2 aromatic carbocycles. The van der Waals surface area contributed by atoms with Crippen molar-refractivity contribution in [1.82, 2.24) is 0 Å². The zero-order valence-corrected chi connectivity index (χ0v) is 12.0.